The Morgan fingerprint density at radius 3 is 2.67 bits per heavy atom. The van der Waals surface area contributed by atoms with Gasteiger partial charge < -0.3 is 0 Å². The van der Waals surface area contributed by atoms with Crippen LogP contribution >= 0.6 is 38.9 Å². The Hall–Kier alpha value is -1.43. The Kier molecular flexibility index (Phi) is 4.24. The van der Waals surface area contributed by atoms with Crippen LogP contribution in [0, 0.1) is 0 Å². The van der Waals surface area contributed by atoms with E-state index in [1.807, 2.05) is 35.7 Å². The molecule has 0 spiro atoms. The molecule has 2 aromatic heterocycles. The van der Waals surface area contributed by atoms with Gasteiger partial charge in [0.25, 0.3) is 0 Å². The second-order valence-corrected chi connectivity index (χ2v) is 6.68. The van der Waals surface area contributed by atoms with Crippen molar-refractivity contribution in [2.45, 2.75) is 6.54 Å². The van der Waals surface area contributed by atoms with Crippen LogP contribution < -0.4 is 0 Å². The second kappa shape index (κ2) is 6.13. The van der Waals surface area contributed by atoms with Crippen LogP contribution in [0.3, 0.4) is 0 Å². The van der Waals surface area contributed by atoms with E-state index in [1.165, 1.54) is 0 Å². The highest BCUT2D eigenvalue weighted by atomic mass is 79.9. The summed E-state index contributed by atoms with van der Waals surface area (Å²) in [5.74, 6) is 0. The van der Waals surface area contributed by atoms with Crippen molar-refractivity contribution in [3.63, 3.8) is 0 Å². The second-order valence-electron chi connectivity index (χ2n) is 4.47. The molecular weight excluding hydrogens is 372 g/mol. The van der Waals surface area contributed by atoms with Gasteiger partial charge in [0.05, 0.1) is 17.0 Å². The van der Waals surface area contributed by atoms with Crippen LogP contribution in [-0.2, 0) is 6.54 Å². The largest absolute Gasteiger partial charge is 0.298 e. The highest BCUT2D eigenvalue weighted by molar-refractivity contribution is 9.10. The lowest BCUT2D eigenvalue weighted by molar-refractivity contribution is 0.112. The maximum absolute atomic E-state index is 11.3. The van der Waals surface area contributed by atoms with Gasteiger partial charge >= 0.3 is 0 Å². The van der Waals surface area contributed by atoms with Gasteiger partial charge in [-0.15, -0.1) is 11.3 Å². The van der Waals surface area contributed by atoms with Crippen molar-refractivity contribution in [1.29, 1.82) is 0 Å². The molecule has 21 heavy (non-hydrogen) atoms. The van der Waals surface area contributed by atoms with Crippen LogP contribution in [0.15, 0.2) is 46.4 Å². The molecule has 0 amide bonds. The summed E-state index contributed by atoms with van der Waals surface area (Å²) < 4.78 is 2.72. The Labute approximate surface area is 139 Å². The molecule has 106 valence electrons. The fourth-order valence-electron chi connectivity index (χ4n) is 2.02. The van der Waals surface area contributed by atoms with Crippen molar-refractivity contribution in [3.8, 4) is 10.6 Å². The quantitative estimate of drug-likeness (QED) is 0.603. The van der Waals surface area contributed by atoms with E-state index >= 15 is 0 Å². The van der Waals surface area contributed by atoms with E-state index in [0.717, 1.165) is 21.2 Å². The zero-order valence-corrected chi connectivity index (χ0v) is 14.0. The van der Waals surface area contributed by atoms with Gasteiger partial charge in [0.1, 0.15) is 5.69 Å². The molecule has 6 heteroatoms. The van der Waals surface area contributed by atoms with Crippen molar-refractivity contribution < 1.29 is 4.79 Å². The predicted octanol–water partition coefficient (Wildman–Crippen LogP) is 4.89. The molecule has 0 fully saturated rings. The molecule has 0 radical (unpaired) electrons. The van der Waals surface area contributed by atoms with Gasteiger partial charge in [-0.1, -0.05) is 23.7 Å². The lowest BCUT2D eigenvalue weighted by atomic mass is 10.2. The Balaban J connectivity index is 1.94. The number of thiophene rings is 1. The van der Waals surface area contributed by atoms with Crippen LogP contribution in [0.4, 0.5) is 0 Å². The van der Waals surface area contributed by atoms with Gasteiger partial charge in [-0.05, 0) is 45.1 Å². The summed E-state index contributed by atoms with van der Waals surface area (Å²) in [5, 5.41) is 7.20. The number of benzene rings is 1. The highest BCUT2D eigenvalue weighted by Crippen LogP contribution is 2.34. The fraction of sp³-hybridized carbons (Fsp3) is 0.0667. The van der Waals surface area contributed by atoms with E-state index < -0.39 is 0 Å². The van der Waals surface area contributed by atoms with Gasteiger partial charge in [-0.25, -0.2) is 0 Å². The van der Waals surface area contributed by atoms with Crippen molar-refractivity contribution in [1.82, 2.24) is 9.78 Å². The molecule has 3 rings (SSSR count). The molecule has 0 saturated heterocycles. The minimum atomic E-state index is 0.590. The highest BCUT2D eigenvalue weighted by Gasteiger charge is 2.14. The topological polar surface area (TPSA) is 34.9 Å². The summed E-state index contributed by atoms with van der Waals surface area (Å²) in [4.78, 5) is 12.2. The molecule has 2 heterocycles. The smallest absolute Gasteiger partial charge is 0.153 e. The van der Waals surface area contributed by atoms with Gasteiger partial charge in [0.15, 0.2) is 6.29 Å². The average Bonchev–Trinajstić information content (AvgIpc) is 3.07. The number of halogens is 2. The van der Waals surface area contributed by atoms with Crippen LogP contribution in [0.5, 0.6) is 0 Å². The van der Waals surface area contributed by atoms with Gasteiger partial charge in [-0.2, -0.15) is 5.10 Å². The van der Waals surface area contributed by atoms with Crippen LogP contribution in [0.2, 0.25) is 5.02 Å². The maximum atomic E-state index is 11.3. The third kappa shape index (κ3) is 3.10. The first-order chi connectivity index (χ1) is 10.2. The van der Waals surface area contributed by atoms with Crippen molar-refractivity contribution in [2.75, 3.05) is 0 Å². The molecule has 0 aliphatic rings. The molecular formula is C15H10BrClN2OS. The van der Waals surface area contributed by atoms with E-state index in [1.54, 1.807) is 22.2 Å². The zero-order valence-electron chi connectivity index (χ0n) is 10.8. The minimum Gasteiger partial charge on any atom is -0.298 e. The number of aromatic nitrogens is 2. The van der Waals surface area contributed by atoms with Crippen LogP contribution in [0.25, 0.3) is 10.6 Å². The number of aldehydes is 1. The summed E-state index contributed by atoms with van der Waals surface area (Å²) in [5.41, 5.74) is 2.38. The van der Waals surface area contributed by atoms with Crippen molar-refractivity contribution >= 4 is 45.2 Å². The third-order valence-corrected chi connectivity index (χ3v) is 5.10. The zero-order chi connectivity index (χ0) is 14.8. The number of hydrogen-bond acceptors (Lipinski definition) is 3. The summed E-state index contributed by atoms with van der Waals surface area (Å²) in [6, 6.07) is 9.54. The third-order valence-electron chi connectivity index (χ3n) is 3.01. The lowest BCUT2D eigenvalue weighted by Gasteiger charge is -2.01. The first-order valence-corrected chi connectivity index (χ1v) is 8.23. The Morgan fingerprint density at radius 2 is 2.05 bits per heavy atom. The van der Waals surface area contributed by atoms with Crippen LogP contribution in [-0.4, -0.2) is 16.1 Å². The molecule has 0 atom stereocenters. The number of carbonyl (C=O) groups is 1. The Morgan fingerprint density at radius 1 is 1.29 bits per heavy atom. The first kappa shape index (κ1) is 14.5. The number of nitrogens with zero attached hydrogens (tertiary/aromatic N) is 2. The maximum Gasteiger partial charge on any atom is 0.153 e. The lowest BCUT2D eigenvalue weighted by Crippen LogP contribution is -2.00. The Bertz CT molecular complexity index is 779. The summed E-state index contributed by atoms with van der Waals surface area (Å²) in [7, 11) is 0. The summed E-state index contributed by atoms with van der Waals surface area (Å²) in [6.45, 7) is 0.598. The van der Waals surface area contributed by atoms with E-state index in [2.05, 4.69) is 21.0 Å². The molecule has 0 aliphatic carbocycles. The number of carbonyl (C=O) groups excluding carboxylic acids is 1. The van der Waals surface area contributed by atoms with E-state index in [-0.39, 0.29) is 0 Å². The van der Waals surface area contributed by atoms with Crippen LogP contribution in [0.1, 0.15) is 15.9 Å². The standard InChI is InChI=1S/C15H10BrClN2OS/c16-13-5-6-21-15(13)14-11(9-20)8-19(18-14)7-10-1-3-12(17)4-2-10/h1-6,8-9H,7H2. The molecule has 0 aliphatic heterocycles. The normalized spacial score (nSPS) is 10.8. The van der Waals surface area contributed by atoms with E-state index in [0.29, 0.717) is 22.8 Å². The van der Waals surface area contributed by atoms with Gasteiger partial charge in [0, 0.05) is 15.7 Å². The molecule has 3 nitrogen and oxygen atoms in total. The predicted molar refractivity (Wildman–Crippen MR) is 89.2 cm³/mol. The molecule has 0 unspecified atom stereocenters. The monoisotopic (exact) mass is 380 g/mol. The molecule has 0 N–H and O–H groups in total. The SMILES string of the molecule is O=Cc1cn(Cc2ccc(Cl)cc2)nc1-c1sccc1Br. The molecule has 1 aromatic carbocycles. The van der Waals surface area contributed by atoms with E-state index in [9.17, 15) is 4.79 Å². The minimum absolute atomic E-state index is 0.590. The fourth-order valence-corrected chi connectivity index (χ4v) is 3.71. The summed E-state index contributed by atoms with van der Waals surface area (Å²) in [6.07, 6.45) is 2.61. The molecule has 0 saturated carbocycles. The van der Waals surface area contributed by atoms with Gasteiger partial charge in [-0.3, -0.25) is 9.48 Å². The number of rotatable bonds is 4. The summed E-state index contributed by atoms with van der Waals surface area (Å²) >= 11 is 10.9. The van der Waals surface area contributed by atoms with E-state index in [4.69, 9.17) is 11.6 Å². The van der Waals surface area contributed by atoms with Gasteiger partial charge in [0.2, 0.25) is 0 Å². The van der Waals surface area contributed by atoms with Crippen molar-refractivity contribution in [2.24, 2.45) is 0 Å². The molecule has 0 bridgehead atoms. The first-order valence-electron chi connectivity index (χ1n) is 6.18. The molecule has 3 aromatic rings. The van der Waals surface area contributed by atoms with Crippen molar-refractivity contribution in [3.05, 3.63) is 62.5 Å². The average molecular weight is 382 g/mol. The number of hydrogen-bond donors (Lipinski definition) is 0.